The van der Waals surface area contributed by atoms with E-state index in [4.69, 9.17) is 14.6 Å². The van der Waals surface area contributed by atoms with E-state index >= 15 is 0 Å². The second-order valence-corrected chi connectivity index (χ2v) is 4.13. The number of esters is 1. The van der Waals surface area contributed by atoms with Gasteiger partial charge in [-0.15, -0.1) is 0 Å². The Morgan fingerprint density at radius 3 is 2.29 bits per heavy atom. The van der Waals surface area contributed by atoms with Crippen LogP contribution in [0.15, 0.2) is 0 Å². The second kappa shape index (κ2) is 7.24. The molecule has 6 nitrogen and oxygen atoms in total. The Balaban J connectivity index is 4.14. The van der Waals surface area contributed by atoms with Gasteiger partial charge in [0, 0.05) is 13.7 Å². The minimum absolute atomic E-state index is 0.155. The zero-order chi connectivity index (χ0) is 13.5. The highest BCUT2D eigenvalue weighted by Gasteiger charge is 2.28. The highest BCUT2D eigenvalue weighted by Crippen LogP contribution is 2.13. The van der Waals surface area contributed by atoms with Crippen LogP contribution in [0.1, 0.15) is 20.3 Å². The van der Waals surface area contributed by atoms with Crippen LogP contribution in [0, 0.1) is 5.92 Å². The largest absolute Gasteiger partial charge is 0.479 e. The molecule has 0 aromatic heterocycles. The maximum Gasteiger partial charge on any atom is 0.335 e. The first-order valence-corrected chi connectivity index (χ1v) is 5.29. The van der Waals surface area contributed by atoms with E-state index in [2.05, 4.69) is 4.74 Å². The van der Waals surface area contributed by atoms with Crippen molar-refractivity contribution in [2.45, 2.75) is 25.9 Å². The minimum atomic E-state index is -1.26. The van der Waals surface area contributed by atoms with E-state index in [9.17, 15) is 9.59 Å². The lowest BCUT2D eigenvalue weighted by atomic mass is 10.1. The third kappa shape index (κ3) is 5.65. The molecule has 1 N–H and O–H groups in total. The van der Waals surface area contributed by atoms with E-state index in [1.165, 1.54) is 28.1 Å². The van der Waals surface area contributed by atoms with E-state index in [0.29, 0.717) is 6.42 Å². The van der Waals surface area contributed by atoms with Gasteiger partial charge in [-0.2, -0.15) is 0 Å². The van der Waals surface area contributed by atoms with Crippen LogP contribution in [0.25, 0.3) is 0 Å². The topological polar surface area (TPSA) is 82.1 Å². The highest BCUT2D eigenvalue weighted by atomic mass is 16.5. The normalized spacial score (nSPS) is 13.2. The van der Waals surface area contributed by atoms with Gasteiger partial charge < -0.3 is 19.3 Å². The van der Waals surface area contributed by atoms with Gasteiger partial charge in [-0.1, -0.05) is 0 Å². The predicted molar refractivity (Wildman–Crippen MR) is 59.7 cm³/mol. The molecule has 6 heteroatoms. The monoisotopic (exact) mass is 248 g/mol. The van der Waals surface area contributed by atoms with E-state index in [1.54, 1.807) is 0 Å². The van der Waals surface area contributed by atoms with Crippen molar-refractivity contribution in [1.82, 2.24) is 0 Å². The molecule has 0 aromatic rings. The molecule has 0 heterocycles. The number of hydrogen-bond acceptors (Lipinski definition) is 5. The van der Waals surface area contributed by atoms with Gasteiger partial charge in [-0.25, -0.2) is 4.79 Å². The summed E-state index contributed by atoms with van der Waals surface area (Å²) in [4.78, 5) is 22.1. The lowest BCUT2D eigenvalue weighted by molar-refractivity contribution is -0.162. The Bertz CT molecular complexity index is 261. The molecule has 0 aliphatic carbocycles. The van der Waals surface area contributed by atoms with Gasteiger partial charge in [0.05, 0.1) is 19.6 Å². The van der Waals surface area contributed by atoms with Crippen molar-refractivity contribution in [1.29, 1.82) is 0 Å². The first-order valence-electron chi connectivity index (χ1n) is 5.29. The first-order chi connectivity index (χ1) is 7.85. The number of hydrogen-bond donors (Lipinski definition) is 1. The van der Waals surface area contributed by atoms with Crippen LogP contribution in [-0.2, 0) is 23.8 Å². The second-order valence-electron chi connectivity index (χ2n) is 4.13. The number of methoxy groups -OCH3 is 2. The Hall–Kier alpha value is -1.14. The van der Waals surface area contributed by atoms with Crippen LogP contribution < -0.4 is 0 Å². The number of ether oxygens (including phenoxy) is 3. The molecule has 0 fully saturated rings. The molecule has 0 amide bonds. The summed E-state index contributed by atoms with van der Waals surface area (Å²) in [5.41, 5.74) is -1.26. The van der Waals surface area contributed by atoms with Crippen molar-refractivity contribution in [3.63, 3.8) is 0 Å². The molecule has 1 unspecified atom stereocenters. The Kier molecular flexibility index (Phi) is 6.75. The van der Waals surface area contributed by atoms with E-state index in [-0.39, 0.29) is 19.2 Å². The van der Waals surface area contributed by atoms with Crippen molar-refractivity contribution >= 4 is 11.9 Å². The summed E-state index contributed by atoms with van der Waals surface area (Å²) in [7, 11) is 2.78. The maximum absolute atomic E-state index is 11.3. The summed E-state index contributed by atoms with van der Waals surface area (Å²) >= 11 is 0. The van der Waals surface area contributed by atoms with Gasteiger partial charge in [0.15, 0.2) is 5.60 Å². The molecular weight excluding hydrogens is 228 g/mol. The number of aliphatic carboxylic acids is 1. The van der Waals surface area contributed by atoms with Crippen LogP contribution in [0.3, 0.4) is 0 Å². The van der Waals surface area contributed by atoms with E-state index in [1.807, 2.05) is 0 Å². The summed E-state index contributed by atoms with van der Waals surface area (Å²) in [5.74, 6) is -1.86. The summed E-state index contributed by atoms with van der Waals surface area (Å²) in [6, 6.07) is 0. The molecule has 0 radical (unpaired) electrons. The van der Waals surface area contributed by atoms with Crippen LogP contribution >= 0.6 is 0 Å². The smallest absolute Gasteiger partial charge is 0.335 e. The number of rotatable bonds is 8. The summed E-state index contributed by atoms with van der Waals surface area (Å²) in [5, 5.41) is 8.82. The molecule has 0 aliphatic heterocycles. The Morgan fingerprint density at radius 1 is 1.29 bits per heavy atom. The molecule has 0 bridgehead atoms. The molecule has 100 valence electrons. The lowest BCUT2D eigenvalue weighted by Gasteiger charge is -2.21. The molecule has 0 aliphatic rings. The van der Waals surface area contributed by atoms with Crippen LogP contribution in [0.5, 0.6) is 0 Å². The van der Waals surface area contributed by atoms with Crippen molar-refractivity contribution in [2.75, 3.05) is 27.4 Å². The SMILES string of the molecule is COCC(CCOC(C)(C)C(=O)O)C(=O)OC. The van der Waals surface area contributed by atoms with Gasteiger partial charge in [0.25, 0.3) is 0 Å². The molecule has 0 aromatic carbocycles. The van der Waals surface area contributed by atoms with Gasteiger partial charge >= 0.3 is 11.9 Å². The van der Waals surface area contributed by atoms with E-state index in [0.717, 1.165) is 0 Å². The first kappa shape index (κ1) is 15.9. The van der Waals surface area contributed by atoms with Crippen molar-refractivity contribution in [3.05, 3.63) is 0 Å². The minimum Gasteiger partial charge on any atom is -0.479 e. The summed E-state index contributed by atoms with van der Waals surface area (Å²) < 4.78 is 14.7. The Labute approximate surface area is 101 Å². The molecular formula is C11H20O6. The fraction of sp³-hybridized carbons (Fsp3) is 0.818. The molecule has 1 atom stereocenters. The van der Waals surface area contributed by atoms with E-state index < -0.39 is 17.5 Å². The average molecular weight is 248 g/mol. The van der Waals surface area contributed by atoms with Gasteiger partial charge in [0.2, 0.25) is 0 Å². The lowest BCUT2D eigenvalue weighted by Crippen LogP contribution is -2.36. The number of carbonyl (C=O) groups is 2. The molecule has 0 saturated heterocycles. The molecule has 17 heavy (non-hydrogen) atoms. The zero-order valence-electron chi connectivity index (χ0n) is 10.7. The standard InChI is InChI=1S/C11H20O6/c1-11(2,10(13)14)17-6-5-8(7-15-3)9(12)16-4/h8H,5-7H2,1-4H3,(H,13,14). The highest BCUT2D eigenvalue weighted by molar-refractivity contribution is 5.76. The number of carbonyl (C=O) groups excluding carboxylic acids is 1. The Morgan fingerprint density at radius 2 is 1.88 bits per heavy atom. The van der Waals surface area contributed by atoms with Crippen molar-refractivity contribution in [2.24, 2.45) is 5.92 Å². The van der Waals surface area contributed by atoms with Gasteiger partial charge in [0.1, 0.15) is 0 Å². The number of carboxylic acids is 1. The molecule has 0 rings (SSSR count). The fourth-order valence-electron chi connectivity index (χ4n) is 1.16. The predicted octanol–water partition coefficient (Wildman–Crippen LogP) is 0.692. The zero-order valence-corrected chi connectivity index (χ0v) is 10.7. The van der Waals surface area contributed by atoms with Crippen molar-refractivity contribution in [3.8, 4) is 0 Å². The average Bonchev–Trinajstić information content (AvgIpc) is 2.26. The number of carboxylic acid groups (broad SMARTS) is 1. The third-order valence-corrected chi connectivity index (χ3v) is 2.35. The van der Waals surface area contributed by atoms with Gasteiger partial charge in [-0.05, 0) is 20.3 Å². The maximum atomic E-state index is 11.3. The molecule has 0 spiro atoms. The van der Waals surface area contributed by atoms with Crippen LogP contribution in [-0.4, -0.2) is 50.1 Å². The quantitative estimate of drug-likeness (QED) is 0.636. The van der Waals surface area contributed by atoms with Crippen LogP contribution in [0.2, 0.25) is 0 Å². The third-order valence-electron chi connectivity index (χ3n) is 2.35. The summed E-state index contributed by atoms with van der Waals surface area (Å²) in [6.45, 7) is 3.30. The van der Waals surface area contributed by atoms with Crippen molar-refractivity contribution < 1.29 is 28.9 Å². The fourth-order valence-corrected chi connectivity index (χ4v) is 1.16. The van der Waals surface area contributed by atoms with Gasteiger partial charge in [-0.3, -0.25) is 4.79 Å². The molecule has 0 saturated carbocycles. The van der Waals surface area contributed by atoms with Crippen LogP contribution in [0.4, 0.5) is 0 Å². The summed E-state index contributed by atoms with van der Waals surface area (Å²) in [6.07, 6.45) is 0.358.